The fourth-order valence-electron chi connectivity index (χ4n) is 15.6. The lowest BCUT2D eigenvalue weighted by atomic mass is 9.81. The van der Waals surface area contributed by atoms with E-state index in [9.17, 15) is 0 Å². The van der Waals surface area contributed by atoms with E-state index >= 15 is 0 Å². The summed E-state index contributed by atoms with van der Waals surface area (Å²) in [5.74, 6) is 0. The van der Waals surface area contributed by atoms with Crippen LogP contribution in [0.1, 0.15) is 72.2 Å². The fourth-order valence-corrected chi connectivity index (χ4v) is 18.2. The molecule has 2 aliphatic carbocycles. The Morgan fingerprint density at radius 2 is 0.516 bits per heavy atom. The number of hydrogen-bond acceptors (Lipinski definition) is 2. The Hall–Kier alpha value is -11.3. The molecule has 15 aromatic carbocycles. The third-order valence-corrected chi connectivity index (χ3v) is 23.2. The molecular weight excluding hydrogens is 1160 g/mol. The van der Waals surface area contributed by atoms with Gasteiger partial charge in [0.15, 0.2) is 0 Å². The lowest BCUT2D eigenvalue weighted by molar-refractivity contribution is 0.660. The molecule has 0 aliphatic heterocycles. The molecule has 18 rings (SSSR count). The van der Waals surface area contributed by atoms with Crippen LogP contribution in [0.25, 0.3) is 116 Å². The topological polar surface area (TPSA) is 6.48 Å². The zero-order valence-electron chi connectivity index (χ0n) is 53.6. The quantitative estimate of drug-likeness (QED) is 0.119. The van der Waals surface area contributed by atoms with Crippen molar-refractivity contribution >= 4 is 130 Å². The second kappa shape index (κ2) is 22.2. The zero-order valence-corrected chi connectivity index (χ0v) is 54.5. The lowest BCUT2D eigenvalue weighted by Gasteiger charge is -2.28. The molecular formula is C92H67N2P. The van der Waals surface area contributed by atoms with Crippen molar-refractivity contribution in [2.75, 3.05) is 9.80 Å². The molecule has 0 N–H and O–H groups in total. The van der Waals surface area contributed by atoms with Crippen LogP contribution in [0.4, 0.5) is 34.1 Å². The average molecular weight is 1230 g/mol. The Bertz CT molecular complexity index is 5380. The lowest BCUT2D eigenvalue weighted by Crippen LogP contribution is -2.16. The molecule has 0 spiro atoms. The summed E-state index contributed by atoms with van der Waals surface area (Å²) in [5.41, 5.74) is 21.8. The van der Waals surface area contributed by atoms with Crippen molar-refractivity contribution in [1.82, 2.24) is 0 Å². The smallest absolute Gasteiger partial charge is 0.0468 e. The van der Waals surface area contributed by atoms with E-state index in [0.29, 0.717) is 0 Å². The van der Waals surface area contributed by atoms with E-state index in [2.05, 4.69) is 371 Å². The Balaban J connectivity index is 0.647. The highest BCUT2D eigenvalue weighted by Gasteiger charge is 2.38. The van der Waals surface area contributed by atoms with Crippen LogP contribution in [-0.2, 0) is 10.8 Å². The van der Waals surface area contributed by atoms with Gasteiger partial charge in [0.2, 0.25) is 0 Å². The molecule has 0 amide bonds. The van der Waals surface area contributed by atoms with Gasteiger partial charge in [0, 0.05) is 55.2 Å². The van der Waals surface area contributed by atoms with Crippen LogP contribution in [0.5, 0.6) is 0 Å². The number of benzene rings is 15. The molecule has 450 valence electrons. The van der Waals surface area contributed by atoms with Crippen molar-refractivity contribution in [1.29, 1.82) is 0 Å². The van der Waals surface area contributed by atoms with Crippen molar-refractivity contribution < 1.29 is 0 Å². The van der Waals surface area contributed by atoms with Gasteiger partial charge in [-0.3, -0.25) is 0 Å². The first-order valence-corrected chi connectivity index (χ1v) is 34.5. The minimum absolute atomic E-state index is 0.225. The third kappa shape index (κ3) is 9.62. The number of rotatable bonds is 11. The van der Waals surface area contributed by atoms with Crippen molar-refractivity contribution in [3.8, 4) is 27.6 Å². The molecule has 0 saturated heterocycles. The standard InChI is InChI=1S/C92H67N2P/c1-91(2)85-52-62(30-44-79(85)81-46-42-76(58-87(81)91)93(72-38-34-64-16-8-12-20-68(64)54-72)73-39-35-65-17-9-13-21-69(65)55-73)28-26-60-32-48-89-83(50-60)84-51-61(33-49-90(84)95(89)78-24-6-5-7-25-78)27-29-63-31-45-80-82-47-43-77(59-88(82)92(3,4)86(80)53-63)94(74-40-36-66-18-10-14-22-70(66)56-74)75-41-37-67-19-11-15-23-71(67)57-75/h5-59H,1-4H3. The van der Waals surface area contributed by atoms with Gasteiger partial charge in [0.25, 0.3) is 0 Å². The summed E-state index contributed by atoms with van der Waals surface area (Å²) in [6.07, 6.45) is 9.25. The molecule has 0 fully saturated rings. The molecule has 95 heavy (non-hydrogen) atoms. The largest absolute Gasteiger partial charge is 0.310 e. The van der Waals surface area contributed by atoms with Crippen LogP contribution in [-0.4, -0.2) is 0 Å². The van der Waals surface area contributed by atoms with E-state index in [4.69, 9.17) is 0 Å². The summed E-state index contributed by atoms with van der Waals surface area (Å²) in [6.45, 7) is 9.58. The average Bonchev–Trinajstić information content (AvgIpc) is 1.57. The van der Waals surface area contributed by atoms with Crippen molar-refractivity contribution in [3.05, 3.63) is 354 Å². The zero-order chi connectivity index (χ0) is 63.5. The molecule has 0 unspecified atom stereocenters. The van der Waals surface area contributed by atoms with Gasteiger partial charge in [0.05, 0.1) is 0 Å². The SMILES string of the molecule is CC1(C)c2cc(C=Cc3ccc4c(c3)c3cc(C=Cc5ccc6c(c5)C(C)(C)c5cc(N(c7ccc8ccccc8c7)c7ccc8ccccc8c7)ccc5-6)ccc3p4-c3ccccc3)ccc2-c2ccc(N(c3ccc4ccccc4c3)c3ccc4ccccc4c3)cc21. The highest BCUT2D eigenvalue weighted by Crippen LogP contribution is 2.57. The molecule has 0 bridgehead atoms. The number of hydrogen-bond donors (Lipinski definition) is 0. The van der Waals surface area contributed by atoms with E-state index in [0.717, 1.165) is 34.1 Å². The third-order valence-electron chi connectivity index (χ3n) is 20.6. The van der Waals surface area contributed by atoms with Gasteiger partial charge in [-0.1, -0.05) is 272 Å². The molecule has 0 atom stereocenters. The second-order valence-electron chi connectivity index (χ2n) is 27.0. The minimum Gasteiger partial charge on any atom is -0.310 e. The molecule has 16 aromatic rings. The summed E-state index contributed by atoms with van der Waals surface area (Å²) >= 11 is 0. The second-order valence-corrected chi connectivity index (χ2v) is 29.2. The van der Waals surface area contributed by atoms with Crippen LogP contribution in [0.3, 0.4) is 0 Å². The molecule has 0 saturated carbocycles. The highest BCUT2D eigenvalue weighted by molar-refractivity contribution is 7.67. The van der Waals surface area contributed by atoms with Gasteiger partial charge < -0.3 is 9.80 Å². The maximum atomic E-state index is 2.44. The number of nitrogens with zero attached hydrogens (tertiary/aromatic N) is 2. The summed E-state index contributed by atoms with van der Waals surface area (Å²) in [6, 6.07) is 116. The maximum Gasteiger partial charge on any atom is 0.0468 e. The molecule has 3 heteroatoms. The summed E-state index contributed by atoms with van der Waals surface area (Å²) < 4.78 is 0. The molecule has 1 heterocycles. The van der Waals surface area contributed by atoms with Gasteiger partial charge in [0.1, 0.15) is 0 Å². The van der Waals surface area contributed by atoms with Crippen molar-refractivity contribution in [2.24, 2.45) is 0 Å². The monoisotopic (exact) mass is 1230 g/mol. The normalized spacial score (nSPS) is 13.7. The van der Waals surface area contributed by atoms with E-state index in [1.165, 1.54) is 136 Å². The summed E-state index contributed by atoms with van der Waals surface area (Å²) in [5, 5.41) is 16.7. The van der Waals surface area contributed by atoms with Crippen molar-refractivity contribution in [2.45, 2.75) is 38.5 Å². The molecule has 0 radical (unpaired) electrons. The Labute approximate surface area is 556 Å². The van der Waals surface area contributed by atoms with E-state index in [1.54, 1.807) is 0 Å². The van der Waals surface area contributed by atoms with E-state index < -0.39 is 7.53 Å². The maximum absolute atomic E-state index is 2.44. The van der Waals surface area contributed by atoms with Gasteiger partial charge in [-0.2, -0.15) is 0 Å². The van der Waals surface area contributed by atoms with E-state index in [-0.39, 0.29) is 10.8 Å². The van der Waals surface area contributed by atoms with Gasteiger partial charge in [-0.15, -0.1) is 0 Å². The highest BCUT2D eigenvalue weighted by atomic mass is 31.1. The first kappa shape index (κ1) is 56.5. The number of fused-ring (bicyclic) bond motifs is 13. The summed E-state index contributed by atoms with van der Waals surface area (Å²) in [4.78, 5) is 4.86. The first-order valence-electron chi connectivity index (χ1n) is 33.2. The predicted molar refractivity (Wildman–Crippen MR) is 411 cm³/mol. The molecule has 2 aliphatic rings. The van der Waals surface area contributed by atoms with Crippen LogP contribution in [0.2, 0.25) is 0 Å². The van der Waals surface area contributed by atoms with Crippen molar-refractivity contribution in [3.63, 3.8) is 0 Å². The van der Waals surface area contributed by atoms with Crippen LogP contribution < -0.4 is 9.80 Å². The molecule has 1 aromatic heterocycles. The predicted octanol–water partition coefficient (Wildman–Crippen LogP) is 26.5. The summed E-state index contributed by atoms with van der Waals surface area (Å²) in [7, 11) is -0.727. The van der Waals surface area contributed by atoms with Gasteiger partial charge in [-0.25, -0.2) is 0 Å². The van der Waals surface area contributed by atoms with Gasteiger partial charge in [-0.05, 0) is 223 Å². The van der Waals surface area contributed by atoms with Crippen LogP contribution in [0.15, 0.2) is 309 Å². The fraction of sp³-hybridized carbons (Fsp3) is 0.0652. The van der Waals surface area contributed by atoms with E-state index in [1.807, 2.05) is 0 Å². The minimum atomic E-state index is -0.727. The first-order chi connectivity index (χ1) is 46.5. The van der Waals surface area contributed by atoms with Crippen LogP contribution in [0, 0.1) is 0 Å². The van der Waals surface area contributed by atoms with Gasteiger partial charge >= 0.3 is 0 Å². The Kier molecular flexibility index (Phi) is 13.2. The Morgan fingerprint density at radius 1 is 0.242 bits per heavy atom. The van der Waals surface area contributed by atoms with Crippen LogP contribution >= 0.6 is 7.53 Å². The number of anilines is 6. The Morgan fingerprint density at radius 3 is 0.874 bits per heavy atom. The molecule has 2 nitrogen and oxygen atoms in total.